The number of ether oxygens (including phenoxy) is 1. The molecule has 0 bridgehead atoms. The van der Waals surface area contributed by atoms with E-state index in [0.29, 0.717) is 25.7 Å². The smallest absolute Gasteiger partial charge is 0.0897 e. The fourth-order valence-electron chi connectivity index (χ4n) is 1.96. The first-order chi connectivity index (χ1) is 8.71. The Balaban J connectivity index is 2.35. The van der Waals surface area contributed by atoms with E-state index >= 15 is 0 Å². The first kappa shape index (κ1) is 15.1. The van der Waals surface area contributed by atoms with E-state index in [0.717, 1.165) is 18.5 Å². The van der Waals surface area contributed by atoms with Crippen molar-refractivity contribution in [3.63, 3.8) is 0 Å². The molecular formula is C13H25N3O2. The van der Waals surface area contributed by atoms with E-state index in [-0.39, 0.29) is 0 Å². The van der Waals surface area contributed by atoms with E-state index in [1.165, 1.54) is 0 Å². The van der Waals surface area contributed by atoms with Crippen LogP contribution in [0.4, 0.5) is 0 Å². The summed E-state index contributed by atoms with van der Waals surface area (Å²) in [6, 6.07) is 2.51. The van der Waals surface area contributed by atoms with Crippen LogP contribution in [0.3, 0.4) is 0 Å². The summed E-state index contributed by atoms with van der Waals surface area (Å²) in [6.07, 6.45) is 3.76. The Bertz CT molecular complexity index is 324. The average molecular weight is 255 g/mol. The van der Waals surface area contributed by atoms with Crippen LogP contribution in [0.25, 0.3) is 0 Å². The average Bonchev–Trinajstić information content (AvgIpc) is 2.80. The molecule has 1 rings (SSSR count). The normalized spacial score (nSPS) is 13.2. The van der Waals surface area contributed by atoms with Crippen LogP contribution in [0.5, 0.6) is 0 Å². The van der Waals surface area contributed by atoms with Crippen molar-refractivity contribution in [2.24, 2.45) is 0 Å². The molecule has 0 aliphatic heterocycles. The lowest BCUT2D eigenvalue weighted by Gasteiger charge is -2.12. The maximum absolute atomic E-state index is 9.48. The molecule has 0 saturated heterocycles. The van der Waals surface area contributed by atoms with Crippen molar-refractivity contribution < 1.29 is 9.84 Å². The molecule has 0 aliphatic carbocycles. The van der Waals surface area contributed by atoms with Gasteiger partial charge in [-0.3, -0.25) is 4.68 Å². The van der Waals surface area contributed by atoms with E-state index < -0.39 is 6.10 Å². The van der Waals surface area contributed by atoms with Gasteiger partial charge in [0.25, 0.3) is 0 Å². The summed E-state index contributed by atoms with van der Waals surface area (Å²) in [7, 11) is 1.58. The summed E-state index contributed by atoms with van der Waals surface area (Å²) < 4.78 is 6.89. The van der Waals surface area contributed by atoms with Gasteiger partial charge >= 0.3 is 0 Å². The van der Waals surface area contributed by atoms with Gasteiger partial charge in [-0.25, -0.2) is 0 Å². The first-order valence-electron chi connectivity index (χ1n) is 6.63. The number of hydrogen-bond acceptors (Lipinski definition) is 4. The molecule has 0 fully saturated rings. The minimum absolute atomic E-state index is 0.356. The van der Waals surface area contributed by atoms with Gasteiger partial charge in [0.1, 0.15) is 0 Å². The van der Waals surface area contributed by atoms with E-state index in [2.05, 4.69) is 24.3 Å². The largest absolute Gasteiger partial charge is 0.389 e. The molecule has 0 aliphatic rings. The monoisotopic (exact) mass is 255 g/mol. The third kappa shape index (κ3) is 4.76. The van der Waals surface area contributed by atoms with Gasteiger partial charge in [0, 0.05) is 26.4 Å². The molecule has 18 heavy (non-hydrogen) atoms. The lowest BCUT2D eigenvalue weighted by Crippen LogP contribution is -2.29. The molecule has 1 heterocycles. The van der Waals surface area contributed by atoms with Crippen LogP contribution in [-0.2, 0) is 11.3 Å². The molecule has 1 aromatic rings. The SMILES string of the molecule is CCC(CC)n1ccc(CNCC(O)COC)n1. The number of nitrogens with zero attached hydrogens (tertiary/aromatic N) is 2. The van der Waals surface area contributed by atoms with Crippen molar-refractivity contribution in [3.8, 4) is 0 Å². The second kappa shape index (κ2) is 8.24. The summed E-state index contributed by atoms with van der Waals surface area (Å²) in [6.45, 7) is 5.90. The van der Waals surface area contributed by atoms with Gasteiger partial charge in [-0.1, -0.05) is 13.8 Å². The van der Waals surface area contributed by atoms with Crippen LogP contribution in [0, 0.1) is 0 Å². The van der Waals surface area contributed by atoms with Crippen LogP contribution < -0.4 is 5.32 Å². The van der Waals surface area contributed by atoms with Gasteiger partial charge in [0.05, 0.1) is 24.4 Å². The summed E-state index contributed by atoms with van der Waals surface area (Å²) in [5.74, 6) is 0. The molecule has 1 aromatic heterocycles. The highest BCUT2D eigenvalue weighted by atomic mass is 16.5. The van der Waals surface area contributed by atoms with Crippen LogP contribution in [-0.4, -0.2) is 41.3 Å². The molecule has 0 spiro atoms. The number of methoxy groups -OCH3 is 1. The molecule has 5 heteroatoms. The Morgan fingerprint density at radius 2 is 2.17 bits per heavy atom. The van der Waals surface area contributed by atoms with E-state index in [1.807, 2.05) is 16.9 Å². The van der Waals surface area contributed by atoms with Crippen molar-refractivity contribution in [1.29, 1.82) is 0 Å². The third-order valence-electron chi connectivity index (χ3n) is 3.03. The molecular weight excluding hydrogens is 230 g/mol. The number of aliphatic hydroxyl groups is 1. The van der Waals surface area contributed by atoms with Crippen molar-refractivity contribution in [3.05, 3.63) is 18.0 Å². The lowest BCUT2D eigenvalue weighted by atomic mass is 10.2. The van der Waals surface area contributed by atoms with Crippen molar-refractivity contribution in [2.75, 3.05) is 20.3 Å². The van der Waals surface area contributed by atoms with Crippen molar-refractivity contribution in [2.45, 2.75) is 45.4 Å². The fraction of sp³-hybridized carbons (Fsp3) is 0.769. The van der Waals surface area contributed by atoms with Gasteiger partial charge in [-0.15, -0.1) is 0 Å². The number of aromatic nitrogens is 2. The molecule has 0 radical (unpaired) electrons. The van der Waals surface area contributed by atoms with Gasteiger partial charge in [-0.05, 0) is 18.9 Å². The Labute approximate surface area is 109 Å². The van der Waals surface area contributed by atoms with Crippen LogP contribution in [0.2, 0.25) is 0 Å². The molecule has 104 valence electrons. The minimum atomic E-state index is -0.462. The Morgan fingerprint density at radius 1 is 1.44 bits per heavy atom. The maximum Gasteiger partial charge on any atom is 0.0897 e. The first-order valence-corrected chi connectivity index (χ1v) is 6.63. The van der Waals surface area contributed by atoms with Gasteiger partial charge in [0.2, 0.25) is 0 Å². The van der Waals surface area contributed by atoms with Crippen LogP contribution in [0.1, 0.15) is 38.4 Å². The maximum atomic E-state index is 9.48. The third-order valence-corrected chi connectivity index (χ3v) is 3.03. The molecule has 1 unspecified atom stereocenters. The molecule has 0 aromatic carbocycles. The highest BCUT2D eigenvalue weighted by Gasteiger charge is 2.08. The molecule has 0 saturated carbocycles. The molecule has 0 amide bonds. The standard InChI is InChI=1S/C13H25N3O2/c1-4-12(5-2)16-7-6-11(15-16)8-14-9-13(17)10-18-3/h6-7,12-14,17H,4-5,8-10H2,1-3H3. The lowest BCUT2D eigenvalue weighted by molar-refractivity contribution is 0.0643. The van der Waals surface area contributed by atoms with Crippen LogP contribution >= 0.6 is 0 Å². The number of aliphatic hydroxyl groups excluding tert-OH is 1. The Hall–Kier alpha value is -0.910. The molecule has 1 atom stereocenters. The Kier molecular flexibility index (Phi) is 6.93. The highest BCUT2D eigenvalue weighted by Crippen LogP contribution is 2.14. The van der Waals surface area contributed by atoms with Crippen LogP contribution in [0.15, 0.2) is 12.3 Å². The van der Waals surface area contributed by atoms with E-state index in [9.17, 15) is 5.11 Å². The fourth-order valence-corrected chi connectivity index (χ4v) is 1.96. The minimum Gasteiger partial charge on any atom is -0.389 e. The predicted molar refractivity (Wildman–Crippen MR) is 71.4 cm³/mol. The zero-order chi connectivity index (χ0) is 13.4. The zero-order valence-electron chi connectivity index (χ0n) is 11.6. The number of nitrogens with one attached hydrogen (secondary N) is 1. The summed E-state index contributed by atoms with van der Waals surface area (Å²) in [4.78, 5) is 0. The van der Waals surface area contributed by atoms with E-state index in [4.69, 9.17) is 4.74 Å². The van der Waals surface area contributed by atoms with E-state index in [1.54, 1.807) is 7.11 Å². The van der Waals surface area contributed by atoms with Gasteiger partial charge in [-0.2, -0.15) is 5.10 Å². The summed E-state index contributed by atoms with van der Waals surface area (Å²) in [5.41, 5.74) is 1.01. The second-order valence-corrected chi connectivity index (χ2v) is 4.50. The quantitative estimate of drug-likeness (QED) is 0.699. The second-order valence-electron chi connectivity index (χ2n) is 4.50. The number of rotatable bonds is 9. The van der Waals surface area contributed by atoms with Gasteiger partial charge < -0.3 is 15.2 Å². The highest BCUT2D eigenvalue weighted by molar-refractivity contribution is 4.99. The zero-order valence-corrected chi connectivity index (χ0v) is 11.6. The summed E-state index contributed by atoms with van der Waals surface area (Å²) in [5, 5.41) is 17.2. The molecule has 5 nitrogen and oxygen atoms in total. The van der Waals surface area contributed by atoms with Crippen molar-refractivity contribution in [1.82, 2.24) is 15.1 Å². The Morgan fingerprint density at radius 3 is 2.78 bits per heavy atom. The number of hydrogen-bond donors (Lipinski definition) is 2. The summed E-state index contributed by atoms with van der Waals surface area (Å²) >= 11 is 0. The van der Waals surface area contributed by atoms with Gasteiger partial charge in [0.15, 0.2) is 0 Å². The topological polar surface area (TPSA) is 59.3 Å². The van der Waals surface area contributed by atoms with Crippen molar-refractivity contribution >= 4 is 0 Å². The predicted octanol–water partition coefficient (Wildman–Crippen LogP) is 1.34. The molecule has 2 N–H and O–H groups in total.